The van der Waals surface area contributed by atoms with E-state index in [0.29, 0.717) is 23.9 Å². The molecular weight excluding hydrogens is 368 g/mol. The van der Waals surface area contributed by atoms with Gasteiger partial charge in [0.05, 0.1) is 6.54 Å². The average Bonchev–Trinajstić information content (AvgIpc) is 3.07. The molecule has 3 rings (SSSR count). The molecule has 0 bridgehead atoms. The van der Waals surface area contributed by atoms with E-state index in [4.69, 9.17) is 14.6 Å². The van der Waals surface area contributed by atoms with Crippen LogP contribution in [0.3, 0.4) is 0 Å². The first-order valence-corrected chi connectivity index (χ1v) is 9.16. The molecule has 1 N–H and O–H groups in total. The van der Waals surface area contributed by atoms with Gasteiger partial charge in [0, 0.05) is 18.5 Å². The number of halogens is 2. The van der Waals surface area contributed by atoms with Crippen LogP contribution in [0.1, 0.15) is 25.3 Å². The third-order valence-corrected chi connectivity index (χ3v) is 4.70. The molecule has 2 aromatic rings. The van der Waals surface area contributed by atoms with Crippen LogP contribution in [-0.4, -0.2) is 41.7 Å². The summed E-state index contributed by atoms with van der Waals surface area (Å²) < 4.78 is 37.9. The Labute approximate surface area is 162 Å². The number of carbonyl (C=O) groups is 1. The molecule has 0 saturated carbocycles. The van der Waals surface area contributed by atoms with Crippen molar-refractivity contribution in [2.75, 3.05) is 19.7 Å². The van der Waals surface area contributed by atoms with Crippen molar-refractivity contribution in [1.29, 1.82) is 0 Å². The largest absolute Gasteiger partial charge is 0.492 e. The average molecular weight is 391 g/mol. The molecule has 0 aromatic heterocycles. The molecule has 1 aliphatic heterocycles. The first-order chi connectivity index (χ1) is 13.3. The third-order valence-electron chi connectivity index (χ3n) is 4.70. The lowest BCUT2D eigenvalue weighted by Gasteiger charge is -2.22. The Morgan fingerprint density at radius 2 is 1.68 bits per heavy atom. The minimum Gasteiger partial charge on any atom is -0.492 e. The summed E-state index contributed by atoms with van der Waals surface area (Å²) in [7, 11) is 0. The Hall–Kier alpha value is -2.67. The predicted molar refractivity (Wildman–Crippen MR) is 100 cm³/mol. The van der Waals surface area contributed by atoms with Gasteiger partial charge in [-0.25, -0.2) is 8.78 Å². The van der Waals surface area contributed by atoms with Gasteiger partial charge in [-0.1, -0.05) is 0 Å². The minimum atomic E-state index is -2.88. The van der Waals surface area contributed by atoms with E-state index in [0.717, 1.165) is 26.3 Å². The fraction of sp³-hybridized carbons (Fsp3) is 0.381. The number of benzene rings is 2. The highest BCUT2D eigenvalue weighted by Gasteiger charge is 2.26. The van der Waals surface area contributed by atoms with Crippen molar-refractivity contribution in [2.24, 2.45) is 0 Å². The summed E-state index contributed by atoms with van der Waals surface area (Å²) in [5, 5.41) is 8.95. The standard InChI is InChI=1S/C21H23F2NO4/c1-21(22,23)15-4-6-18(7-5-15)28-19-10-8-17(9-11-19)27-14-16-3-2-12-24(16)13-20(25)26/h4-11,16H,2-3,12-14H2,1H3,(H,25,26)/t16-/m1/s1. The van der Waals surface area contributed by atoms with Crippen LogP contribution in [0.2, 0.25) is 0 Å². The number of ether oxygens (including phenoxy) is 2. The van der Waals surface area contributed by atoms with E-state index in [-0.39, 0.29) is 18.2 Å². The van der Waals surface area contributed by atoms with Crippen molar-refractivity contribution in [3.8, 4) is 17.2 Å². The zero-order valence-electron chi connectivity index (χ0n) is 15.6. The normalized spacial score (nSPS) is 17.5. The summed E-state index contributed by atoms with van der Waals surface area (Å²) in [5.41, 5.74) is -0.0625. The molecule has 0 spiro atoms. The molecule has 28 heavy (non-hydrogen) atoms. The molecule has 7 heteroatoms. The quantitative estimate of drug-likeness (QED) is 0.717. The van der Waals surface area contributed by atoms with E-state index < -0.39 is 11.9 Å². The molecule has 1 fully saturated rings. The highest BCUT2D eigenvalue weighted by molar-refractivity contribution is 5.69. The van der Waals surface area contributed by atoms with Gasteiger partial charge in [0.2, 0.25) is 0 Å². The van der Waals surface area contributed by atoms with Gasteiger partial charge in [-0.2, -0.15) is 0 Å². The van der Waals surface area contributed by atoms with E-state index >= 15 is 0 Å². The van der Waals surface area contributed by atoms with Crippen molar-refractivity contribution in [3.63, 3.8) is 0 Å². The topological polar surface area (TPSA) is 59.0 Å². The Morgan fingerprint density at radius 1 is 1.11 bits per heavy atom. The SMILES string of the molecule is CC(F)(F)c1ccc(Oc2ccc(OC[C@H]3CCCN3CC(=O)O)cc2)cc1. The van der Waals surface area contributed by atoms with Gasteiger partial charge in [0.25, 0.3) is 5.92 Å². The molecular formula is C21H23F2NO4. The molecule has 150 valence electrons. The Kier molecular flexibility index (Phi) is 6.14. The summed E-state index contributed by atoms with van der Waals surface area (Å²) in [4.78, 5) is 12.8. The molecule has 0 radical (unpaired) electrons. The van der Waals surface area contributed by atoms with E-state index in [1.165, 1.54) is 24.3 Å². The summed E-state index contributed by atoms with van der Waals surface area (Å²) in [6, 6.07) is 12.8. The maximum absolute atomic E-state index is 13.2. The maximum Gasteiger partial charge on any atom is 0.317 e. The van der Waals surface area contributed by atoms with Crippen LogP contribution in [0.5, 0.6) is 17.2 Å². The van der Waals surface area contributed by atoms with E-state index in [9.17, 15) is 13.6 Å². The number of hydrogen-bond donors (Lipinski definition) is 1. The number of hydrogen-bond acceptors (Lipinski definition) is 4. The zero-order valence-corrected chi connectivity index (χ0v) is 15.6. The minimum absolute atomic E-state index is 0.0313. The maximum atomic E-state index is 13.2. The van der Waals surface area contributed by atoms with Gasteiger partial charge >= 0.3 is 5.97 Å². The van der Waals surface area contributed by atoms with Gasteiger partial charge in [-0.15, -0.1) is 0 Å². The predicted octanol–water partition coefficient (Wildman–Crippen LogP) is 4.52. The summed E-state index contributed by atoms with van der Waals surface area (Å²) >= 11 is 0. The number of rotatable bonds is 8. The van der Waals surface area contributed by atoms with E-state index in [2.05, 4.69) is 0 Å². The van der Waals surface area contributed by atoms with E-state index in [1.807, 2.05) is 4.90 Å². The summed E-state index contributed by atoms with van der Waals surface area (Å²) in [5.74, 6) is -2.01. The number of carboxylic acid groups (broad SMARTS) is 1. The molecule has 1 saturated heterocycles. The van der Waals surface area contributed by atoms with Crippen molar-refractivity contribution < 1.29 is 28.2 Å². The second-order valence-electron chi connectivity index (χ2n) is 6.96. The molecule has 2 aromatic carbocycles. The Morgan fingerprint density at radius 3 is 2.25 bits per heavy atom. The zero-order chi connectivity index (χ0) is 20.1. The lowest BCUT2D eigenvalue weighted by atomic mass is 10.1. The van der Waals surface area contributed by atoms with Gasteiger partial charge in [-0.3, -0.25) is 9.69 Å². The molecule has 1 aliphatic rings. The molecule has 0 aliphatic carbocycles. The highest BCUT2D eigenvalue weighted by atomic mass is 19.3. The van der Waals surface area contributed by atoms with Gasteiger partial charge < -0.3 is 14.6 Å². The smallest absolute Gasteiger partial charge is 0.317 e. The second-order valence-corrected chi connectivity index (χ2v) is 6.96. The third kappa shape index (κ3) is 5.42. The second kappa shape index (κ2) is 8.56. The number of nitrogens with zero attached hydrogens (tertiary/aromatic N) is 1. The van der Waals surface area contributed by atoms with Crippen LogP contribution in [0.4, 0.5) is 8.78 Å². The van der Waals surface area contributed by atoms with Gasteiger partial charge in [0.15, 0.2) is 0 Å². The monoisotopic (exact) mass is 391 g/mol. The lowest BCUT2D eigenvalue weighted by Crippen LogP contribution is -2.37. The number of aliphatic carboxylic acids is 1. The van der Waals surface area contributed by atoms with Gasteiger partial charge in [-0.05, 0) is 67.9 Å². The van der Waals surface area contributed by atoms with Crippen LogP contribution in [-0.2, 0) is 10.7 Å². The molecule has 0 amide bonds. The Bertz CT molecular complexity index is 788. The molecule has 5 nitrogen and oxygen atoms in total. The van der Waals surface area contributed by atoms with Crippen LogP contribution >= 0.6 is 0 Å². The van der Waals surface area contributed by atoms with Crippen molar-refractivity contribution in [3.05, 3.63) is 54.1 Å². The first-order valence-electron chi connectivity index (χ1n) is 9.16. The van der Waals surface area contributed by atoms with Crippen LogP contribution in [0.15, 0.2) is 48.5 Å². The fourth-order valence-corrected chi connectivity index (χ4v) is 3.21. The number of likely N-dealkylation sites (tertiary alicyclic amines) is 1. The van der Waals surface area contributed by atoms with Crippen molar-refractivity contribution >= 4 is 5.97 Å². The highest BCUT2D eigenvalue weighted by Crippen LogP contribution is 2.30. The van der Waals surface area contributed by atoms with Crippen molar-refractivity contribution in [2.45, 2.75) is 31.7 Å². The van der Waals surface area contributed by atoms with E-state index in [1.54, 1.807) is 24.3 Å². The van der Waals surface area contributed by atoms with Crippen LogP contribution in [0.25, 0.3) is 0 Å². The van der Waals surface area contributed by atoms with Crippen LogP contribution < -0.4 is 9.47 Å². The number of carboxylic acids is 1. The molecule has 0 unspecified atom stereocenters. The summed E-state index contributed by atoms with van der Waals surface area (Å²) in [6.07, 6.45) is 1.89. The molecule has 1 heterocycles. The number of alkyl halides is 2. The van der Waals surface area contributed by atoms with Gasteiger partial charge in [0.1, 0.15) is 23.9 Å². The van der Waals surface area contributed by atoms with Crippen molar-refractivity contribution in [1.82, 2.24) is 4.90 Å². The summed E-state index contributed by atoms with van der Waals surface area (Å²) in [6.45, 7) is 2.09. The fourth-order valence-electron chi connectivity index (χ4n) is 3.21. The first kappa shape index (κ1) is 20.1. The molecule has 1 atom stereocenters. The lowest BCUT2D eigenvalue weighted by molar-refractivity contribution is -0.138. The Balaban J connectivity index is 1.53. The van der Waals surface area contributed by atoms with Crippen LogP contribution in [0, 0.1) is 0 Å².